The number of sulfonamides is 1. The molecule has 0 aliphatic carbocycles. The van der Waals surface area contributed by atoms with Gasteiger partial charge in [-0.1, -0.05) is 6.42 Å². The highest BCUT2D eigenvalue weighted by Gasteiger charge is 2.36. The molecule has 11 heteroatoms. The number of piperidine rings is 1. The highest BCUT2D eigenvalue weighted by molar-refractivity contribution is 7.88. The van der Waals surface area contributed by atoms with Gasteiger partial charge in [-0.05, 0) is 31.9 Å². The quantitative estimate of drug-likeness (QED) is 0.768. The van der Waals surface area contributed by atoms with Crippen molar-refractivity contribution in [2.75, 3.05) is 19.3 Å². The van der Waals surface area contributed by atoms with Gasteiger partial charge in [0.2, 0.25) is 10.0 Å². The third-order valence-corrected chi connectivity index (χ3v) is 6.82. The average Bonchev–Trinajstić information content (AvgIpc) is 3.10. The number of amides is 1. The van der Waals surface area contributed by atoms with Gasteiger partial charge in [0.1, 0.15) is 5.56 Å². The molecule has 1 saturated heterocycles. The molecule has 1 atom stereocenters. The monoisotopic (exact) mass is 420 g/mol. The van der Waals surface area contributed by atoms with Gasteiger partial charge in [-0.2, -0.15) is 4.31 Å². The Morgan fingerprint density at radius 1 is 1.17 bits per heavy atom. The van der Waals surface area contributed by atoms with Gasteiger partial charge >= 0.3 is 0 Å². The molecule has 0 saturated carbocycles. The molecular weight excluding hydrogens is 396 g/mol. The lowest BCUT2D eigenvalue weighted by atomic mass is 10.0. The summed E-state index contributed by atoms with van der Waals surface area (Å²) < 4.78 is 27.8. The molecule has 2 aliphatic rings. The number of carbonyl (C=O) groups is 1. The molecule has 0 radical (unpaired) electrons. The maximum absolute atomic E-state index is 12.8. The van der Waals surface area contributed by atoms with E-state index in [-0.39, 0.29) is 24.1 Å². The normalized spacial score (nSPS) is 20.5. The molecule has 1 N–H and O–H groups in total. The van der Waals surface area contributed by atoms with Crippen LogP contribution in [-0.4, -0.2) is 62.6 Å². The summed E-state index contributed by atoms with van der Waals surface area (Å²) in [4.78, 5) is 29.1. The Morgan fingerprint density at radius 2 is 1.97 bits per heavy atom. The van der Waals surface area contributed by atoms with E-state index < -0.39 is 15.6 Å². The van der Waals surface area contributed by atoms with Crippen molar-refractivity contribution in [1.82, 2.24) is 29.0 Å². The van der Waals surface area contributed by atoms with Crippen molar-refractivity contribution >= 4 is 15.9 Å². The van der Waals surface area contributed by atoms with E-state index in [1.54, 1.807) is 17.9 Å². The minimum Gasteiger partial charge on any atom is -0.329 e. The van der Waals surface area contributed by atoms with Crippen LogP contribution in [-0.2, 0) is 23.1 Å². The van der Waals surface area contributed by atoms with E-state index in [4.69, 9.17) is 0 Å². The summed E-state index contributed by atoms with van der Waals surface area (Å²) in [6.45, 7) is 3.32. The van der Waals surface area contributed by atoms with E-state index in [0.717, 1.165) is 12.8 Å². The fourth-order valence-electron chi connectivity index (χ4n) is 4.07. The highest BCUT2D eigenvalue weighted by atomic mass is 32.2. The highest BCUT2D eigenvalue weighted by Crippen LogP contribution is 2.32. The second-order valence-electron chi connectivity index (χ2n) is 7.62. The van der Waals surface area contributed by atoms with E-state index >= 15 is 0 Å². The van der Waals surface area contributed by atoms with Crippen LogP contribution in [0.3, 0.4) is 0 Å². The molecule has 0 spiro atoms. The Bertz CT molecular complexity index is 1110. The fraction of sp³-hybridized carbons (Fsp3) is 0.556. The first-order valence-electron chi connectivity index (χ1n) is 9.63. The Labute approximate surface area is 168 Å². The molecule has 1 amide bonds. The molecule has 0 aromatic carbocycles. The number of nitrogens with zero attached hydrogens (tertiary/aromatic N) is 5. The van der Waals surface area contributed by atoms with Crippen LogP contribution in [0.4, 0.5) is 0 Å². The SMILES string of the molecule is Cc1ccc(C(=O)N2CCn3c(nnc3C3CCCCN3S(C)(=O)=O)C2)c(=O)[nH]1. The van der Waals surface area contributed by atoms with Crippen LogP contribution in [0, 0.1) is 6.92 Å². The van der Waals surface area contributed by atoms with Crippen LogP contribution in [0.15, 0.2) is 16.9 Å². The summed E-state index contributed by atoms with van der Waals surface area (Å²) >= 11 is 0. The summed E-state index contributed by atoms with van der Waals surface area (Å²) in [5.41, 5.74) is 0.380. The Hall–Kier alpha value is -2.53. The van der Waals surface area contributed by atoms with Gasteiger partial charge in [-0.25, -0.2) is 8.42 Å². The van der Waals surface area contributed by atoms with Crippen molar-refractivity contribution in [2.45, 2.75) is 45.3 Å². The second-order valence-corrected chi connectivity index (χ2v) is 9.56. The molecule has 2 aromatic rings. The summed E-state index contributed by atoms with van der Waals surface area (Å²) in [6.07, 6.45) is 3.68. The van der Waals surface area contributed by atoms with E-state index in [0.29, 0.717) is 43.4 Å². The smallest absolute Gasteiger partial charge is 0.260 e. The van der Waals surface area contributed by atoms with Gasteiger partial charge in [-0.3, -0.25) is 9.59 Å². The average molecular weight is 420 g/mol. The molecule has 2 aromatic heterocycles. The first kappa shape index (κ1) is 19.8. The van der Waals surface area contributed by atoms with E-state index in [9.17, 15) is 18.0 Å². The van der Waals surface area contributed by atoms with Crippen molar-refractivity contribution in [3.8, 4) is 0 Å². The van der Waals surface area contributed by atoms with Crippen LogP contribution in [0.25, 0.3) is 0 Å². The standard InChI is InChI=1S/C18H24N6O4S/c1-12-6-7-13(17(25)19-12)18(26)22-9-10-23-15(11-22)20-21-16(23)14-5-3-4-8-24(14)29(2,27)28/h6-7,14H,3-5,8-11H2,1-2H3,(H,19,25). The molecule has 1 unspecified atom stereocenters. The number of nitrogens with one attached hydrogen (secondary N) is 1. The van der Waals surface area contributed by atoms with Crippen molar-refractivity contribution < 1.29 is 13.2 Å². The molecule has 2 aliphatic heterocycles. The number of aromatic nitrogens is 4. The Balaban J connectivity index is 1.59. The van der Waals surface area contributed by atoms with Gasteiger partial charge in [-0.15, -0.1) is 10.2 Å². The van der Waals surface area contributed by atoms with Crippen LogP contribution < -0.4 is 5.56 Å². The van der Waals surface area contributed by atoms with Crippen LogP contribution in [0.2, 0.25) is 0 Å². The van der Waals surface area contributed by atoms with Crippen LogP contribution in [0.1, 0.15) is 53.0 Å². The predicted molar refractivity (Wildman–Crippen MR) is 105 cm³/mol. The van der Waals surface area contributed by atoms with Crippen molar-refractivity contribution in [3.63, 3.8) is 0 Å². The zero-order valence-electron chi connectivity index (χ0n) is 16.5. The zero-order valence-corrected chi connectivity index (χ0v) is 17.3. The third kappa shape index (κ3) is 3.71. The lowest BCUT2D eigenvalue weighted by Gasteiger charge is -2.34. The summed E-state index contributed by atoms with van der Waals surface area (Å²) in [5, 5.41) is 8.50. The Morgan fingerprint density at radius 3 is 2.69 bits per heavy atom. The molecule has 4 rings (SSSR count). The number of aromatic amines is 1. The number of hydrogen-bond acceptors (Lipinski definition) is 6. The summed E-state index contributed by atoms with van der Waals surface area (Å²) in [5.74, 6) is 0.880. The number of pyridine rings is 1. The number of rotatable bonds is 3. The topological polar surface area (TPSA) is 121 Å². The second kappa shape index (κ2) is 7.38. The molecule has 4 heterocycles. The van der Waals surface area contributed by atoms with Gasteiger partial charge in [0.05, 0.1) is 18.8 Å². The minimum atomic E-state index is -3.35. The lowest BCUT2D eigenvalue weighted by molar-refractivity contribution is 0.0703. The van der Waals surface area contributed by atoms with Crippen LogP contribution in [0.5, 0.6) is 0 Å². The van der Waals surface area contributed by atoms with Gasteiger partial charge < -0.3 is 14.5 Å². The molecule has 0 bridgehead atoms. The van der Waals surface area contributed by atoms with Gasteiger partial charge in [0, 0.05) is 25.3 Å². The molecule has 29 heavy (non-hydrogen) atoms. The maximum Gasteiger partial charge on any atom is 0.260 e. The van der Waals surface area contributed by atoms with E-state index in [1.807, 2.05) is 4.57 Å². The largest absolute Gasteiger partial charge is 0.329 e. The van der Waals surface area contributed by atoms with Gasteiger partial charge in [0.15, 0.2) is 11.6 Å². The number of hydrogen-bond donors (Lipinski definition) is 1. The Kier molecular flexibility index (Phi) is 5.03. The first-order valence-corrected chi connectivity index (χ1v) is 11.5. The third-order valence-electron chi connectivity index (χ3n) is 5.53. The molecular formula is C18H24N6O4S. The number of carbonyl (C=O) groups excluding carboxylic acids is 1. The molecule has 1 fully saturated rings. The van der Waals surface area contributed by atoms with Crippen molar-refractivity contribution in [3.05, 3.63) is 45.4 Å². The van der Waals surface area contributed by atoms with Crippen LogP contribution >= 0.6 is 0 Å². The first-order chi connectivity index (χ1) is 13.8. The number of H-pyrrole nitrogens is 1. The fourth-order valence-corrected chi connectivity index (χ4v) is 5.19. The number of fused-ring (bicyclic) bond motifs is 1. The summed E-state index contributed by atoms with van der Waals surface area (Å²) in [6, 6.07) is 2.90. The van der Waals surface area contributed by atoms with E-state index in [1.165, 1.54) is 16.6 Å². The molecule has 156 valence electrons. The zero-order chi connectivity index (χ0) is 20.8. The lowest BCUT2D eigenvalue weighted by Crippen LogP contribution is -2.42. The predicted octanol–water partition coefficient (Wildman–Crippen LogP) is 0.417. The summed E-state index contributed by atoms with van der Waals surface area (Å²) in [7, 11) is -3.35. The van der Waals surface area contributed by atoms with Gasteiger partial charge in [0.25, 0.3) is 11.5 Å². The molecule has 10 nitrogen and oxygen atoms in total. The number of aryl methyl sites for hydroxylation is 1. The minimum absolute atomic E-state index is 0.0966. The van der Waals surface area contributed by atoms with Crippen molar-refractivity contribution in [1.29, 1.82) is 0 Å². The van der Waals surface area contributed by atoms with Crippen molar-refractivity contribution in [2.24, 2.45) is 0 Å². The van der Waals surface area contributed by atoms with E-state index in [2.05, 4.69) is 15.2 Å². The maximum atomic E-state index is 12.8.